The van der Waals surface area contributed by atoms with E-state index in [1.54, 1.807) is 0 Å². The third-order valence-electron chi connectivity index (χ3n) is 10.6. The van der Waals surface area contributed by atoms with Crippen LogP contribution in [0.2, 0.25) is 0 Å². The Labute approximate surface area is 282 Å². The van der Waals surface area contributed by atoms with E-state index in [-0.39, 0.29) is 0 Å². The van der Waals surface area contributed by atoms with E-state index in [1.165, 1.54) is 76.1 Å². The number of hydrogen-bond acceptors (Lipinski definition) is 1. The second-order valence-electron chi connectivity index (χ2n) is 13.1. The molecule has 0 atom stereocenters. The lowest BCUT2D eigenvalue weighted by molar-refractivity contribution is 0.670. The summed E-state index contributed by atoms with van der Waals surface area (Å²) in [6, 6.07) is 62.0. The van der Waals surface area contributed by atoms with Crippen LogP contribution in [0.3, 0.4) is 0 Å². The largest absolute Gasteiger partial charge is 0.455 e. The quantitative estimate of drug-likeness (QED) is 0.141. The summed E-state index contributed by atoms with van der Waals surface area (Å²) in [5.74, 6) is 0. The van der Waals surface area contributed by atoms with E-state index < -0.39 is 0 Å². The van der Waals surface area contributed by atoms with Crippen LogP contribution in [0.1, 0.15) is 0 Å². The zero-order valence-electron chi connectivity index (χ0n) is 26.6. The smallest absolute Gasteiger partial charge is 0.143 e. The zero-order chi connectivity index (χ0) is 32.1. The molecule has 1 heteroatoms. The van der Waals surface area contributed by atoms with Gasteiger partial charge in [-0.25, -0.2) is 0 Å². The van der Waals surface area contributed by atoms with E-state index in [0.717, 1.165) is 33.1 Å². The molecule has 0 aliphatic carbocycles. The molecule has 0 bridgehead atoms. The van der Waals surface area contributed by atoms with Crippen LogP contribution in [0.4, 0.5) is 0 Å². The SMILES string of the molecule is c1ccc(-c2ccc(-c3c4ccccc4c(-c4ccc5ccc6cccc7ccc4c5c67)c4ccccc34)c3c2oc2ccccc23)cc1. The topological polar surface area (TPSA) is 13.1 Å². The Morgan fingerprint density at radius 3 is 1.49 bits per heavy atom. The molecule has 0 aliphatic rings. The Bertz CT molecular complexity index is 3020. The third kappa shape index (κ3) is 3.70. The Kier molecular flexibility index (Phi) is 5.45. The maximum atomic E-state index is 6.72. The Morgan fingerprint density at radius 1 is 0.286 bits per heavy atom. The first-order valence-electron chi connectivity index (χ1n) is 16.9. The fourth-order valence-corrected chi connectivity index (χ4v) is 8.54. The predicted molar refractivity (Wildman–Crippen MR) is 209 cm³/mol. The summed E-state index contributed by atoms with van der Waals surface area (Å²) in [6.07, 6.45) is 0. The van der Waals surface area contributed by atoms with E-state index in [0.29, 0.717) is 0 Å². The zero-order valence-corrected chi connectivity index (χ0v) is 26.6. The molecule has 0 aliphatic heterocycles. The van der Waals surface area contributed by atoms with Gasteiger partial charge in [0, 0.05) is 16.3 Å². The average Bonchev–Trinajstić information content (AvgIpc) is 3.56. The molecule has 1 aromatic heterocycles. The Morgan fingerprint density at radius 2 is 0.796 bits per heavy atom. The summed E-state index contributed by atoms with van der Waals surface area (Å²) in [7, 11) is 0. The van der Waals surface area contributed by atoms with Crippen LogP contribution in [-0.4, -0.2) is 0 Å². The molecule has 49 heavy (non-hydrogen) atoms. The fraction of sp³-hybridized carbons (Fsp3) is 0. The minimum atomic E-state index is 0.904. The molecule has 0 N–H and O–H groups in total. The molecule has 1 heterocycles. The van der Waals surface area contributed by atoms with Crippen LogP contribution in [0.25, 0.3) is 109 Å². The third-order valence-corrected chi connectivity index (χ3v) is 10.6. The molecule has 11 aromatic rings. The lowest BCUT2D eigenvalue weighted by Gasteiger charge is -2.20. The van der Waals surface area contributed by atoms with Crippen LogP contribution >= 0.6 is 0 Å². The Balaban J connectivity index is 1.29. The van der Waals surface area contributed by atoms with Crippen LogP contribution in [0.5, 0.6) is 0 Å². The summed E-state index contributed by atoms with van der Waals surface area (Å²) in [5.41, 5.74) is 9.06. The van der Waals surface area contributed by atoms with Gasteiger partial charge in [0.2, 0.25) is 0 Å². The summed E-state index contributed by atoms with van der Waals surface area (Å²) in [4.78, 5) is 0. The van der Waals surface area contributed by atoms with Crippen molar-refractivity contribution in [2.75, 3.05) is 0 Å². The number of furan rings is 1. The lowest BCUT2D eigenvalue weighted by Crippen LogP contribution is -1.93. The highest BCUT2D eigenvalue weighted by Crippen LogP contribution is 2.50. The number of fused-ring (bicyclic) bond motifs is 5. The highest BCUT2D eigenvalue weighted by atomic mass is 16.3. The number of benzene rings is 10. The first-order valence-corrected chi connectivity index (χ1v) is 16.9. The van der Waals surface area contributed by atoms with Gasteiger partial charge in [0.05, 0.1) is 0 Å². The van der Waals surface area contributed by atoms with Crippen molar-refractivity contribution in [2.24, 2.45) is 0 Å². The van der Waals surface area contributed by atoms with E-state index in [9.17, 15) is 0 Å². The van der Waals surface area contributed by atoms with Gasteiger partial charge >= 0.3 is 0 Å². The van der Waals surface area contributed by atoms with Gasteiger partial charge in [-0.15, -0.1) is 0 Å². The molecule has 0 fully saturated rings. The second kappa shape index (κ2) is 10.0. The van der Waals surface area contributed by atoms with Crippen molar-refractivity contribution in [3.8, 4) is 33.4 Å². The van der Waals surface area contributed by atoms with Gasteiger partial charge in [0.1, 0.15) is 11.2 Å². The molecule has 0 amide bonds. The standard InChI is InChI=1S/C48H28O/c1-2-11-29(12-3-1)33-27-28-41(47-40-19-8-9-20-42(40)49-48(33)47)46-36-17-6-4-15-34(36)45(35-16-5-7-18-37(35)46)39-26-24-32-22-21-30-13-10-14-31-23-25-38(39)44(32)43(30)31/h1-28H. The maximum Gasteiger partial charge on any atom is 0.143 e. The first-order chi connectivity index (χ1) is 24.3. The van der Waals surface area contributed by atoms with E-state index in [2.05, 4.69) is 170 Å². The fourth-order valence-electron chi connectivity index (χ4n) is 8.54. The van der Waals surface area contributed by atoms with E-state index in [4.69, 9.17) is 4.42 Å². The van der Waals surface area contributed by atoms with Crippen molar-refractivity contribution in [3.05, 3.63) is 170 Å². The van der Waals surface area contributed by atoms with Gasteiger partial charge in [-0.2, -0.15) is 0 Å². The minimum absolute atomic E-state index is 0.904. The number of para-hydroxylation sites is 1. The van der Waals surface area contributed by atoms with Gasteiger partial charge in [-0.1, -0.05) is 158 Å². The molecule has 226 valence electrons. The molecule has 0 unspecified atom stereocenters. The molecule has 10 aromatic carbocycles. The lowest BCUT2D eigenvalue weighted by atomic mass is 9.82. The summed E-state index contributed by atoms with van der Waals surface area (Å²) < 4.78 is 6.72. The number of rotatable bonds is 3. The molecular weight excluding hydrogens is 593 g/mol. The molecule has 0 saturated heterocycles. The van der Waals surface area contributed by atoms with Crippen molar-refractivity contribution in [1.82, 2.24) is 0 Å². The van der Waals surface area contributed by atoms with Crippen molar-refractivity contribution >= 4 is 75.8 Å². The van der Waals surface area contributed by atoms with Crippen molar-refractivity contribution in [3.63, 3.8) is 0 Å². The summed E-state index contributed by atoms with van der Waals surface area (Å²) >= 11 is 0. The molecule has 1 nitrogen and oxygen atoms in total. The van der Waals surface area contributed by atoms with Crippen LogP contribution in [0.15, 0.2) is 174 Å². The van der Waals surface area contributed by atoms with Gasteiger partial charge < -0.3 is 4.42 Å². The van der Waals surface area contributed by atoms with Gasteiger partial charge in [-0.3, -0.25) is 0 Å². The van der Waals surface area contributed by atoms with Crippen LogP contribution in [-0.2, 0) is 0 Å². The second-order valence-corrected chi connectivity index (χ2v) is 13.1. The highest BCUT2D eigenvalue weighted by Gasteiger charge is 2.23. The van der Waals surface area contributed by atoms with Crippen molar-refractivity contribution in [1.29, 1.82) is 0 Å². The molecular formula is C48H28O. The Hall–Kier alpha value is -6.44. The molecule has 11 rings (SSSR count). The summed E-state index contributed by atoms with van der Waals surface area (Å²) in [6.45, 7) is 0. The van der Waals surface area contributed by atoms with Gasteiger partial charge in [0.15, 0.2) is 0 Å². The summed E-state index contributed by atoms with van der Waals surface area (Å²) in [5, 5.41) is 15.1. The average molecular weight is 621 g/mol. The highest BCUT2D eigenvalue weighted by molar-refractivity contribution is 6.31. The monoisotopic (exact) mass is 620 g/mol. The predicted octanol–water partition coefficient (Wildman–Crippen LogP) is 13.8. The van der Waals surface area contributed by atoms with Crippen LogP contribution in [0, 0.1) is 0 Å². The molecule has 0 spiro atoms. The minimum Gasteiger partial charge on any atom is -0.455 e. The normalized spacial score (nSPS) is 12.1. The maximum absolute atomic E-state index is 6.72. The van der Waals surface area contributed by atoms with Crippen molar-refractivity contribution < 1.29 is 4.42 Å². The van der Waals surface area contributed by atoms with Gasteiger partial charge in [0.25, 0.3) is 0 Å². The molecule has 0 saturated carbocycles. The van der Waals surface area contributed by atoms with E-state index >= 15 is 0 Å². The van der Waals surface area contributed by atoms with E-state index in [1.807, 2.05) is 0 Å². The van der Waals surface area contributed by atoms with Crippen molar-refractivity contribution in [2.45, 2.75) is 0 Å². The van der Waals surface area contributed by atoms with Crippen LogP contribution < -0.4 is 0 Å². The van der Waals surface area contributed by atoms with Gasteiger partial charge in [-0.05, 0) is 93.8 Å². The number of hydrogen-bond donors (Lipinski definition) is 0. The first kappa shape index (κ1) is 26.6. The molecule has 0 radical (unpaired) electrons.